The SMILES string of the molecule is Cc1cccc(OC(C)C(=O)N(C)Cc2ccc(F)cc2)c1. The average molecular weight is 301 g/mol. The minimum absolute atomic E-state index is 0.120. The van der Waals surface area contributed by atoms with Gasteiger partial charge in [0, 0.05) is 13.6 Å². The lowest BCUT2D eigenvalue weighted by Crippen LogP contribution is -2.37. The van der Waals surface area contributed by atoms with Crippen LogP contribution in [0.4, 0.5) is 4.39 Å². The Morgan fingerprint density at radius 3 is 2.55 bits per heavy atom. The van der Waals surface area contributed by atoms with Crippen molar-refractivity contribution in [2.45, 2.75) is 26.5 Å². The van der Waals surface area contributed by atoms with Gasteiger partial charge in [0.15, 0.2) is 6.10 Å². The molecular weight excluding hydrogens is 281 g/mol. The standard InChI is InChI=1S/C18H20FNO2/c1-13-5-4-6-17(11-13)22-14(2)18(21)20(3)12-15-7-9-16(19)10-8-15/h4-11,14H,12H2,1-3H3. The molecule has 0 aliphatic rings. The molecule has 1 atom stereocenters. The zero-order chi connectivity index (χ0) is 16.1. The summed E-state index contributed by atoms with van der Waals surface area (Å²) < 4.78 is 18.6. The summed E-state index contributed by atoms with van der Waals surface area (Å²) in [5.74, 6) is 0.274. The number of hydrogen-bond acceptors (Lipinski definition) is 2. The van der Waals surface area contributed by atoms with Gasteiger partial charge in [-0.2, -0.15) is 0 Å². The van der Waals surface area contributed by atoms with Crippen LogP contribution in [0.3, 0.4) is 0 Å². The van der Waals surface area contributed by atoms with E-state index < -0.39 is 6.10 Å². The first-order valence-electron chi connectivity index (χ1n) is 7.18. The lowest BCUT2D eigenvalue weighted by atomic mass is 10.2. The van der Waals surface area contributed by atoms with Crippen LogP contribution in [-0.4, -0.2) is 24.0 Å². The fourth-order valence-electron chi connectivity index (χ4n) is 2.20. The molecule has 22 heavy (non-hydrogen) atoms. The summed E-state index contributed by atoms with van der Waals surface area (Å²) in [7, 11) is 1.71. The van der Waals surface area contributed by atoms with Crippen LogP contribution in [-0.2, 0) is 11.3 Å². The highest BCUT2D eigenvalue weighted by Gasteiger charge is 2.19. The zero-order valence-corrected chi connectivity index (χ0v) is 13.0. The summed E-state index contributed by atoms with van der Waals surface area (Å²) in [6.45, 7) is 4.12. The molecule has 0 aliphatic heterocycles. The number of halogens is 1. The van der Waals surface area contributed by atoms with Crippen molar-refractivity contribution in [3.63, 3.8) is 0 Å². The van der Waals surface area contributed by atoms with Crippen LogP contribution in [0, 0.1) is 12.7 Å². The van der Waals surface area contributed by atoms with Gasteiger partial charge >= 0.3 is 0 Å². The highest BCUT2D eigenvalue weighted by molar-refractivity contribution is 5.80. The Hall–Kier alpha value is -2.36. The van der Waals surface area contributed by atoms with Gasteiger partial charge in [0.1, 0.15) is 11.6 Å². The number of benzene rings is 2. The first-order valence-corrected chi connectivity index (χ1v) is 7.18. The van der Waals surface area contributed by atoms with E-state index in [1.165, 1.54) is 12.1 Å². The summed E-state index contributed by atoms with van der Waals surface area (Å²) >= 11 is 0. The third-order valence-corrected chi connectivity index (χ3v) is 3.36. The molecule has 0 saturated carbocycles. The van der Waals surface area contributed by atoms with E-state index in [9.17, 15) is 9.18 Å². The van der Waals surface area contributed by atoms with Crippen molar-refractivity contribution in [2.24, 2.45) is 0 Å². The largest absolute Gasteiger partial charge is 0.481 e. The van der Waals surface area contributed by atoms with Gasteiger partial charge in [-0.1, -0.05) is 24.3 Å². The normalized spacial score (nSPS) is 11.8. The lowest BCUT2D eigenvalue weighted by Gasteiger charge is -2.22. The second-order valence-corrected chi connectivity index (χ2v) is 5.40. The lowest BCUT2D eigenvalue weighted by molar-refractivity contribution is -0.137. The summed E-state index contributed by atoms with van der Waals surface area (Å²) in [4.78, 5) is 13.9. The maximum absolute atomic E-state index is 12.9. The Morgan fingerprint density at radius 1 is 1.23 bits per heavy atom. The van der Waals surface area contributed by atoms with E-state index in [1.807, 2.05) is 31.2 Å². The van der Waals surface area contributed by atoms with Gasteiger partial charge < -0.3 is 9.64 Å². The van der Waals surface area contributed by atoms with E-state index >= 15 is 0 Å². The van der Waals surface area contributed by atoms with Crippen molar-refractivity contribution in [1.29, 1.82) is 0 Å². The molecule has 0 fully saturated rings. The molecule has 0 radical (unpaired) electrons. The molecule has 1 unspecified atom stereocenters. The summed E-state index contributed by atoms with van der Waals surface area (Å²) in [6.07, 6.45) is -0.577. The fraction of sp³-hybridized carbons (Fsp3) is 0.278. The number of hydrogen-bond donors (Lipinski definition) is 0. The van der Waals surface area contributed by atoms with Gasteiger partial charge in [0.2, 0.25) is 0 Å². The van der Waals surface area contributed by atoms with Crippen molar-refractivity contribution in [1.82, 2.24) is 4.90 Å². The van der Waals surface area contributed by atoms with Crippen molar-refractivity contribution in [2.75, 3.05) is 7.05 Å². The molecule has 2 aromatic carbocycles. The molecule has 0 spiro atoms. The van der Waals surface area contributed by atoms with Gasteiger partial charge in [-0.3, -0.25) is 4.79 Å². The van der Waals surface area contributed by atoms with E-state index in [0.717, 1.165) is 11.1 Å². The summed E-state index contributed by atoms with van der Waals surface area (Å²) in [6, 6.07) is 13.7. The smallest absolute Gasteiger partial charge is 0.263 e. The maximum atomic E-state index is 12.9. The second-order valence-electron chi connectivity index (χ2n) is 5.40. The minimum Gasteiger partial charge on any atom is -0.481 e. The molecule has 0 aromatic heterocycles. The van der Waals surface area contributed by atoms with Crippen LogP contribution in [0.1, 0.15) is 18.1 Å². The average Bonchev–Trinajstić information content (AvgIpc) is 2.48. The van der Waals surface area contributed by atoms with Crippen molar-refractivity contribution in [3.8, 4) is 5.75 Å². The van der Waals surface area contributed by atoms with Crippen LogP contribution in [0.2, 0.25) is 0 Å². The summed E-state index contributed by atoms with van der Waals surface area (Å²) in [5.41, 5.74) is 1.96. The Morgan fingerprint density at radius 2 is 1.91 bits per heavy atom. The van der Waals surface area contributed by atoms with E-state index in [2.05, 4.69) is 0 Å². The molecule has 1 amide bonds. The first-order chi connectivity index (χ1) is 10.5. The third-order valence-electron chi connectivity index (χ3n) is 3.36. The van der Waals surface area contributed by atoms with Gasteiger partial charge in [-0.15, -0.1) is 0 Å². The fourth-order valence-corrected chi connectivity index (χ4v) is 2.20. The zero-order valence-electron chi connectivity index (χ0n) is 13.0. The van der Waals surface area contributed by atoms with Crippen LogP contribution < -0.4 is 4.74 Å². The molecule has 116 valence electrons. The van der Waals surface area contributed by atoms with Crippen molar-refractivity contribution >= 4 is 5.91 Å². The molecule has 0 bridgehead atoms. The van der Waals surface area contributed by atoms with Gasteiger partial charge in [0.25, 0.3) is 5.91 Å². The Bertz CT molecular complexity index is 640. The number of aryl methyl sites for hydroxylation is 1. The van der Waals surface area contributed by atoms with Crippen LogP contribution >= 0.6 is 0 Å². The predicted octanol–water partition coefficient (Wildman–Crippen LogP) is 3.56. The Labute approximate surface area is 130 Å². The number of nitrogens with zero attached hydrogens (tertiary/aromatic N) is 1. The molecule has 2 rings (SSSR count). The molecule has 2 aromatic rings. The molecule has 0 heterocycles. The number of amides is 1. The van der Waals surface area contributed by atoms with Gasteiger partial charge in [-0.05, 0) is 49.2 Å². The van der Waals surface area contributed by atoms with E-state index in [-0.39, 0.29) is 11.7 Å². The first kappa shape index (κ1) is 16.0. The number of rotatable bonds is 5. The monoisotopic (exact) mass is 301 g/mol. The quantitative estimate of drug-likeness (QED) is 0.845. The third kappa shape index (κ3) is 4.32. The number of carbonyl (C=O) groups is 1. The Balaban J connectivity index is 1.96. The van der Waals surface area contributed by atoms with E-state index in [4.69, 9.17) is 4.74 Å². The Kier molecular flexibility index (Phi) is 5.15. The molecule has 3 nitrogen and oxygen atoms in total. The van der Waals surface area contributed by atoms with Crippen LogP contribution in [0.5, 0.6) is 5.75 Å². The predicted molar refractivity (Wildman–Crippen MR) is 84.1 cm³/mol. The molecule has 0 N–H and O–H groups in total. The molecule has 4 heteroatoms. The highest BCUT2D eigenvalue weighted by atomic mass is 19.1. The van der Waals surface area contributed by atoms with Crippen LogP contribution in [0.15, 0.2) is 48.5 Å². The number of carbonyl (C=O) groups excluding carboxylic acids is 1. The van der Waals surface area contributed by atoms with Crippen molar-refractivity contribution < 1.29 is 13.9 Å². The van der Waals surface area contributed by atoms with E-state index in [0.29, 0.717) is 12.3 Å². The number of ether oxygens (including phenoxy) is 1. The second kappa shape index (κ2) is 7.07. The van der Waals surface area contributed by atoms with Gasteiger partial charge in [0.05, 0.1) is 0 Å². The number of likely N-dealkylation sites (N-methyl/N-ethyl adjacent to an activating group) is 1. The summed E-state index contributed by atoms with van der Waals surface area (Å²) in [5, 5.41) is 0. The van der Waals surface area contributed by atoms with Crippen LogP contribution in [0.25, 0.3) is 0 Å². The van der Waals surface area contributed by atoms with Gasteiger partial charge in [-0.25, -0.2) is 4.39 Å². The topological polar surface area (TPSA) is 29.5 Å². The highest BCUT2D eigenvalue weighted by Crippen LogP contribution is 2.15. The minimum atomic E-state index is -0.577. The van der Waals surface area contributed by atoms with E-state index in [1.54, 1.807) is 31.0 Å². The molecule has 0 saturated heterocycles. The maximum Gasteiger partial charge on any atom is 0.263 e. The van der Waals surface area contributed by atoms with Crippen molar-refractivity contribution in [3.05, 3.63) is 65.5 Å². The molecule has 0 aliphatic carbocycles. The molecular formula is C18H20FNO2.